The van der Waals surface area contributed by atoms with Crippen molar-refractivity contribution in [2.75, 3.05) is 6.54 Å². The monoisotopic (exact) mass is 313 g/mol. The second-order valence-corrected chi connectivity index (χ2v) is 7.54. The molecule has 0 saturated heterocycles. The number of aromatic nitrogens is 2. The molecular weight excluding hydrogens is 282 g/mol. The van der Waals surface area contributed by atoms with Gasteiger partial charge in [0.1, 0.15) is 0 Å². The van der Waals surface area contributed by atoms with E-state index in [2.05, 4.69) is 63.6 Å². The summed E-state index contributed by atoms with van der Waals surface area (Å²) in [6.45, 7) is 17.4. The number of halogens is 1. The highest BCUT2D eigenvalue weighted by Gasteiger charge is 2.21. The van der Waals surface area contributed by atoms with E-state index in [-0.39, 0.29) is 5.54 Å². The fourth-order valence-electron chi connectivity index (χ4n) is 2.39. The predicted octanol–water partition coefficient (Wildman–Crippen LogP) is 4.32. The van der Waals surface area contributed by atoms with Gasteiger partial charge >= 0.3 is 0 Å². The van der Waals surface area contributed by atoms with E-state index >= 15 is 0 Å². The summed E-state index contributed by atoms with van der Waals surface area (Å²) in [4.78, 5) is 0. The molecule has 0 bridgehead atoms. The molecule has 0 aliphatic carbocycles. The van der Waals surface area contributed by atoms with Gasteiger partial charge in [0.2, 0.25) is 0 Å². The van der Waals surface area contributed by atoms with Crippen LogP contribution in [0, 0.1) is 11.8 Å². The third kappa shape index (κ3) is 5.30. The first-order chi connectivity index (χ1) is 9.69. The van der Waals surface area contributed by atoms with Crippen LogP contribution in [0.25, 0.3) is 0 Å². The first kappa shape index (κ1) is 18.5. The summed E-state index contributed by atoms with van der Waals surface area (Å²) in [6, 6.07) is 0. The van der Waals surface area contributed by atoms with Crippen molar-refractivity contribution in [3.63, 3.8) is 0 Å². The smallest absolute Gasteiger partial charge is 0.0849 e. The Labute approximate surface area is 135 Å². The highest BCUT2D eigenvalue weighted by atomic mass is 35.5. The van der Waals surface area contributed by atoms with E-state index in [1.54, 1.807) is 0 Å². The number of hydrogen-bond acceptors (Lipinski definition) is 2. The van der Waals surface area contributed by atoms with Gasteiger partial charge in [-0.25, -0.2) is 0 Å². The van der Waals surface area contributed by atoms with Gasteiger partial charge in [-0.1, -0.05) is 32.4 Å². The van der Waals surface area contributed by atoms with Gasteiger partial charge in [0.15, 0.2) is 0 Å². The lowest BCUT2D eigenvalue weighted by Gasteiger charge is -2.26. The molecule has 0 aromatic carbocycles. The first-order valence-corrected chi connectivity index (χ1v) is 8.56. The van der Waals surface area contributed by atoms with Gasteiger partial charge in [0.25, 0.3) is 0 Å². The van der Waals surface area contributed by atoms with Crippen molar-refractivity contribution < 1.29 is 0 Å². The lowest BCUT2D eigenvalue weighted by molar-refractivity contribution is 0.313. The van der Waals surface area contributed by atoms with Crippen LogP contribution in [-0.4, -0.2) is 21.9 Å². The summed E-state index contributed by atoms with van der Waals surface area (Å²) in [5.41, 5.74) is 2.40. The normalized spacial score (nSPS) is 15.2. The van der Waals surface area contributed by atoms with Gasteiger partial charge in [-0.3, -0.25) is 4.68 Å². The molecule has 0 saturated carbocycles. The Balaban J connectivity index is 2.74. The summed E-state index contributed by atoms with van der Waals surface area (Å²) >= 11 is 6.51. The Morgan fingerprint density at radius 2 is 1.81 bits per heavy atom. The van der Waals surface area contributed by atoms with Gasteiger partial charge in [-0.15, -0.1) is 0 Å². The second-order valence-electron chi connectivity index (χ2n) is 7.17. The van der Waals surface area contributed by atoms with Crippen molar-refractivity contribution in [2.45, 2.75) is 73.4 Å². The third-order valence-electron chi connectivity index (χ3n) is 4.14. The second kappa shape index (κ2) is 7.64. The van der Waals surface area contributed by atoms with E-state index in [4.69, 9.17) is 11.6 Å². The number of nitrogens with one attached hydrogen (secondary N) is 1. The summed E-state index contributed by atoms with van der Waals surface area (Å²) in [5, 5.41) is 9.08. The molecule has 0 aliphatic rings. The SMILES string of the molecule is CCc1nn(CC)c(CC(C)C(C)CNC(C)(C)C)c1Cl. The van der Waals surface area contributed by atoms with Crippen LogP contribution in [0.15, 0.2) is 0 Å². The zero-order valence-electron chi connectivity index (χ0n) is 14.8. The highest BCUT2D eigenvalue weighted by molar-refractivity contribution is 6.31. The molecule has 3 nitrogen and oxygen atoms in total. The zero-order chi connectivity index (χ0) is 16.2. The van der Waals surface area contributed by atoms with Crippen molar-refractivity contribution in [3.8, 4) is 0 Å². The Bertz CT molecular complexity index is 446. The number of hydrogen-bond donors (Lipinski definition) is 1. The highest BCUT2D eigenvalue weighted by Crippen LogP contribution is 2.26. The topological polar surface area (TPSA) is 29.9 Å². The predicted molar refractivity (Wildman–Crippen MR) is 92.1 cm³/mol. The van der Waals surface area contributed by atoms with Crippen LogP contribution in [0.3, 0.4) is 0 Å². The van der Waals surface area contributed by atoms with E-state index in [0.717, 1.165) is 36.6 Å². The maximum absolute atomic E-state index is 6.51. The van der Waals surface area contributed by atoms with Crippen molar-refractivity contribution in [1.82, 2.24) is 15.1 Å². The lowest BCUT2D eigenvalue weighted by atomic mass is 9.90. The Hall–Kier alpha value is -0.540. The van der Waals surface area contributed by atoms with Crippen LogP contribution in [0.4, 0.5) is 0 Å². The van der Waals surface area contributed by atoms with Crippen molar-refractivity contribution >= 4 is 11.6 Å². The molecular formula is C17H32ClN3. The minimum absolute atomic E-state index is 0.173. The molecule has 0 amide bonds. The fraction of sp³-hybridized carbons (Fsp3) is 0.824. The summed E-state index contributed by atoms with van der Waals surface area (Å²) in [7, 11) is 0. The molecule has 0 aliphatic heterocycles. The van der Waals surface area contributed by atoms with E-state index in [0.29, 0.717) is 11.8 Å². The Morgan fingerprint density at radius 1 is 1.19 bits per heavy atom. The van der Waals surface area contributed by atoms with Gasteiger partial charge in [-0.05, 0) is 58.9 Å². The molecule has 1 aromatic rings. The van der Waals surface area contributed by atoms with Gasteiger partial charge in [0, 0.05) is 12.1 Å². The third-order valence-corrected chi connectivity index (χ3v) is 4.57. The minimum Gasteiger partial charge on any atom is -0.312 e. The average molecular weight is 314 g/mol. The van der Waals surface area contributed by atoms with Crippen molar-refractivity contribution in [1.29, 1.82) is 0 Å². The van der Waals surface area contributed by atoms with Crippen LogP contribution in [0.1, 0.15) is 59.9 Å². The van der Waals surface area contributed by atoms with Gasteiger partial charge in [-0.2, -0.15) is 5.10 Å². The van der Waals surface area contributed by atoms with E-state index < -0.39 is 0 Å². The van der Waals surface area contributed by atoms with Crippen LogP contribution in [0.2, 0.25) is 5.02 Å². The van der Waals surface area contributed by atoms with Crippen molar-refractivity contribution in [3.05, 3.63) is 16.4 Å². The van der Waals surface area contributed by atoms with Crippen molar-refractivity contribution in [2.24, 2.45) is 11.8 Å². The zero-order valence-corrected chi connectivity index (χ0v) is 15.5. The Morgan fingerprint density at radius 3 is 2.29 bits per heavy atom. The van der Waals surface area contributed by atoms with E-state index in [9.17, 15) is 0 Å². The molecule has 0 radical (unpaired) electrons. The molecule has 1 aromatic heterocycles. The number of aryl methyl sites for hydroxylation is 2. The number of rotatable bonds is 7. The maximum atomic E-state index is 6.51. The standard InChI is InChI=1S/C17H32ClN3/c1-8-14-16(18)15(21(9-2)20-14)10-12(3)13(4)11-19-17(5,6)7/h12-13,19H,8-11H2,1-7H3. The molecule has 4 heteroatoms. The van der Waals surface area contributed by atoms with Gasteiger partial charge in [0.05, 0.1) is 16.4 Å². The first-order valence-electron chi connectivity index (χ1n) is 8.18. The minimum atomic E-state index is 0.173. The maximum Gasteiger partial charge on any atom is 0.0849 e. The molecule has 122 valence electrons. The fourth-order valence-corrected chi connectivity index (χ4v) is 2.73. The van der Waals surface area contributed by atoms with Crippen LogP contribution in [0.5, 0.6) is 0 Å². The van der Waals surface area contributed by atoms with Crippen LogP contribution >= 0.6 is 11.6 Å². The van der Waals surface area contributed by atoms with E-state index in [1.165, 1.54) is 5.69 Å². The summed E-state index contributed by atoms with van der Waals surface area (Å²) in [5.74, 6) is 1.18. The van der Waals surface area contributed by atoms with Crippen LogP contribution in [-0.2, 0) is 19.4 Å². The Kier molecular flexibility index (Phi) is 6.73. The molecule has 2 unspecified atom stereocenters. The van der Waals surface area contributed by atoms with E-state index in [1.807, 2.05) is 0 Å². The number of nitrogens with zero attached hydrogens (tertiary/aromatic N) is 2. The summed E-state index contributed by atoms with van der Waals surface area (Å²) < 4.78 is 2.07. The molecule has 1 rings (SSSR count). The lowest BCUT2D eigenvalue weighted by Crippen LogP contribution is -2.40. The molecule has 21 heavy (non-hydrogen) atoms. The molecule has 2 atom stereocenters. The molecule has 0 spiro atoms. The molecule has 1 heterocycles. The molecule has 1 N–H and O–H groups in total. The van der Waals surface area contributed by atoms with Crippen LogP contribution < -0.4 is 5.32 Å². The largest absolute Gasteiger partial charge is 0.312 e. The van der Waals surface area contributed by atoms with Gasteiger partial charge < -0.3 is 5.32 Å². The summed E-state index contributed by atoms with van der Waals surface area (Å²) in [6.07, 6.45) is 1.89. The average Bonchev–Trinajstić information content (AvgIpc) is 2.71. The quantitative estimate of drug-likeness (QED) is 0.812. The molecule has 0 fully saturated rings.